The van der Waals surface area contributed by atoms with Crippen molar-refractivity contribution in [1.29, 1.82) is 0 Å². The van der Waals surface area contributed by atoms with Gasteiger partial charge in [-0.25, -0.2) is 0 Å². The maximum atomic E-state index is 12.1. The van der Waals surface area contributed by atoms with Crippen LogP contribution in [0, 0.1) is 0 Å². The van der Waals surface area contributed by atoms with Crippen LogP contribution < -0.4 is 4.74 Å². The largest absolute Gasteiger partial charge is 0.504 e. The average Bonchev–Trinajstić information content (AvgIpc) is 3.03. The van der Waals surface area contributed by atoms with Gasteiger partial charge in [0.05, 0.1) is 18.9 Å². The highest BCUT2D eigenvalue weighted by Crippen LogP contribution is 2.36. The third-order valence-corrected chi connectivity index (χ3v) is 3.41. The molecule has 1 saturated heterocycles. The molecule has 0 radical (unpaired) electrons. The average molecular weight is 285 g/mol. The minimum Gasteiger partial charge on any atom is -0.504 e. The summed E-state index contributed by atoms with van der Waals surface area (Å²) in [5.41, 5.74) is 0.866. The number of alkyl halides is 2. The number of aromatic hydroxyl groups is 1. The Kier molecular flexibility index (Phi) is 3.21. The molecule has 0 unspecified atom stereocenters. The van der Waals surface area contributed by atoms with Crippen LogP contribution in [0.5, 0.6) is 11.5 Å². The van der Waals surface area contributed by atoms with E-state index in [4.69, 9.17) is 9.57 Å². The van der Waals surface area contributed by atoms with E-state index in [0.29, 0.717) is 30.9 Å². The number of phenols is 1. The number of rotatable bonds is 3. The van der Waals surface area contributed by atoms with Gasteiger partial charge in [0.15, 0.2) is 17.1 Å². The van der Waals surface area contributed by atoms with Gasteiger partial charge in [-0.15, -0.1) is 0 Å². The van der Waals surface area contributed by atoms with Crippen LogP contribution in [0.3, 0.4) is 0 Å². The number of halogens is 2. The molecule has 1 N–H and O–H groups in total. The first-order chi connectivity index (χ1) is 9.58. The molecule has 0 aromatic heterocycles. The predicted molar refractivity (Wildman–Crippen MR) is 65.1 cm³/mol. The Morgan fingerprint density at radius 2 is 2.25 bits per heavy atom. The molecule has 2 heterocycles. The van der Waals surface area contributed by atoms with E-state index in [-0.39, 0.29) is 11.5 Å². The van der Waals surface area contributed by atoms with Crippen molar-refractivity contribution in [3.05, 3.63) is 23.8 Å². The Morgan fingerprint density at radius 3 is 2.90 bits per heavy atom. The second-order valence-electron chi connectivity index (χ2n) is 4.85. The van der Waals surface area contributed by atoms with E-state index in [9.17, 15) is 13.9 Å². The fourth-order valence-electron chi connectivity index (χ4n) is 2.37. The minimum atomic E-state index is -2.97. The SMILES string of the molecule is Oc1cc(C2=NO[C@]3(CCOC3)C2)ccc1OC(F)F. The summed E-state index contributed by atoms with van der Waals surface area (Å²) in [4.78, 5) is 5.43. The van der Waals surface area contributed by atoms with E-state index in [1.807, 2.05) is 0 Å². The molecule has 0 bridgehead atoms. The molecule has 1 aromatic carbocycles. The molecule has 2 aliphatic rings. The zero-order valence-electron chi connectivity index (χ0n) is 10.5. The summed E-state index contributed by atoms with van der Waals surface area (Å²) in [6.07, 6.45) is 1.33. The van der Waals surface area contributed by atoms with E-state index in [0.717, 1.165) is 6.42 Å². The van der Waals surface area contributed by atoms with Gasteiger partial charge in [0.25, 0.3) is 0 Å². The van der Waals surface area contributed by atoms with Gasteiger partial charge in [-0.3, -0.25) is 0 Å². The Labute approximate surface area is 113 Å². The normalized spacial score (nSPS) is 25.1. The summed E-state index contributed by atoms with van der Waals surface area (Å²) in [6.45, 7) is -1.86. The lowest BCUT2D eigenvalue weighted by molar-refractivity contribution is -0.0512. The maximum absolute atomic E-state index is 12.1. The number of hydrogen-bond donors (Lipinski definition) is 1. The zero-order chi connectivity index (χ0) is 14.2. The maximum Gasteiger partial charge on any atom is 0.387 e. The lowest BCUT2D eigenvalue weighted by Crippen LogP contribution is -2.29. The number of phenolic OH excluding ortho intramolecular Hbond substituents is 1. The standard InChI is InChI=1S/C13H13F2NO4/c14-12(15)19-11-2-1-8(5-10(11)17)9-6-13(20-16-9)3-4-18-7-13/h1-2,5,12,17H,3-4,6-7H2/t13-/m1/s1. The summed E-state index contributed by atoms with van der Waals surface area (Å²) in [7, 11) is 0. The van der Waals surface area contributed by atoms with E-state index in [2.05, 4.69) is 9.89 Å². The fraction of sp³-hybridized carbons (Fsp3) is 0.462. The van der Waals surface area contributed by atoms with Crippen molar-refractivity contribution in [3.63, 3.8) is 0 Å². The molecular weight excluding hydrogens is 272 g/mol. The lowest BCUT2D eigenvalue weighted by atomic mass is 9.93. The van der Waals surface area contributed by atoms with Gasteiger partial charge < -0.3 is 19.4 Å². The van der Waals surface area contributed by atoms with Crippen molar-refractivity contribution in [2.75, 3.05) is 13.2 Å². The highest BCUT2D eigenvalue weighted by atomic mass is 19.3. The van der Waals surface area contributed by atoms with Gasteiger partial charge in [-0.05, 0) is 18.2 Å². The molecule has 108 valence electrons. The molecule has 1 aromatic rings. The second-order valence-corrected chi connectivity index (χ2v) is 4.85. The van der Waals surface area contributed by atoms with Gasteiger partial charge >= 0.3 is 6.61 Å². The molecule has 7 heteroatoms. The van der Waals surface area contributed by atoms with Crippen molar-refractivity contribution in [1.82, 2.24) is 0 Å². The molecule has 5 nitrogen and oxygen atoms in total. The summed E-state index contributed by atoms with van der Waals surface area (Å²) >= 11 is 0. The van der Waals surface area contributed by atoms with Crippen molar-refractivity contribution < 1.29 is 28.2 Å². The Morgan fingerprint density at radius 1 is 1.40 bits per heavy atom. The highest BCUT2D eigenvalue weighted by Gasteiger charge is 2.43. The predicted octanol–water partition coefficient (Wildman–Crippen LogP) is 2.28. The molecule has 20 heavy (non-hydrogen) atoms. The topological polar surface area (TPSA) is 60.3 Å². The number of nitrogens with zero attached hydrogens (tertiary/aromatic N) is 1. The molecule has 1 spiro atoms. The molecule has 2 aliphatic heterocycles. The molecule has 0 saturated carbocycles. The van der Waals surface area contributed by atoms with Gasteiger partial charge in [0.1, 0.15) is 0 Å². The summed E-state index contributed by atoms with van der Waals surface area (Å²) < 4.78 is 33.7. The first-order valence-corrected chi connectivity index (χ1v) is 6.19. The van der Waals surface area contributed by atoms with Gasteiger partial charge in [0, 0.05) is 18.4 Å². The molecule has 1 fully saturated rings. The van der Waals surface area contributed by atoms with E-state index in [1.165, 1.54) is 12.1 Å². The van der Waals surface area contributed by atoms with Gasteiger partial charge in [-0.1, -0.05) is 5.16 Å². The third kappa shape index (κ3) is 2.40. The van der Waals surface area contributed by atoms with Gasteiger partial charge in [-0.2, -0.15) is 8.78 Å². The zero-order valence-corrected chi connectivity index (χ0v) is 10.5. The van der Waals surface area contributed by atoms with Crippen molar-refractivity contribution in [3.8, 4) is 11.5 Å². The number of hydrogen-bond acceptors (Lipinski definition) is 5. The van der Waals surface area contributed by atoms with Crippen LogP contribution >= 0.6 is 0 Å². The summed E-state index contributed by atoms with van der Waals surface area (Å²) in [5, 5.41) is 13.7. The number of ether oxygens (including phenoxy) is 2. The van der Waals surface area contributed by atoms with Crippen LogP contribution in [0.25, 0.3) is 0 Å². The first-order valence-electron chi connectivity index (χ1n) is 6.19. The summed E-state index contributed by atoms with van der Waals surface area (Å²) in [6, 6.07) is 4.19. The monoisotopic (exact) mass is 285 g/mol. The smallest absolute Gasteiger partial charge is 0.387 e. The van der Waals surface area contributed by atoms with E-state index in [1.54, 1.807) is 6.07 Å². The molecule has 3 rings (SSSR count). The third-order valence-electron chi connectivity index (χ3n) is 3.41. The Bertz CT molecular complexity index is 541. The van der Waals surface area contributed by atoms with Crippen molar-refractivity contribution in [2.45, 2.75) is 25.1 Å². The van der Waals surface area contributed by atoms with Crippen LogP contribution in [0.4, 0.5) is 8.78 Å². The van der Waals surface area contributed by atoms with E-state index >= 15 is 0 Å². The molecule has 1 atom stereocenters. The second kappa shape index (κ2) is 4.90. The number of benzene rings is 1. The van der Waals surface area contributed by atoms with Crippen LogP contribution in [-0.4, -0.2) is 36.2 Å². The fourth-order valence-corrected chi connectivity index (χ4v) is 2.37. The molecular formula is C13H13F2NO4. The van der Waals surface area contributed by atoms with Crippen molar-refractivity contribution in [2.24, 2.45) is 5.16 Å². The van der Waals surface area contributed by atoms with Crippen LogP contribution in [0.15, 0.2) is 23.4 Å². The minimum absolute atomic E-state index is 0.262. The van der Waals surface area contributed by atoms with Crippen molar-refractivity contribution >= 4 is 5.71 Å². The highest BCUT2D eigenvalue weighted by molar-refractivity contribution is 6.02. The first kappa shape index (κ1) is 13.1. The lowest BCUT2D eigenvalue weighted by Gasteiger charge is -2.17. The Hall–Kier alpha value is -1.89. The number of oxime groups is 1. The molecule has 0 aliphatic carbocycles. The van der Waals surface area contributed by atoms with Crippen LogP contribution in [0.2, 0.25) is 0 Å². The summed E-state index contributed by atoms with van der Waals surface area (Å²) in [5.74, 6) is -0.615. The van der Waals surface area contributed by atoms with Gasteiger partial charge in [0.2, 0.25) is 0 Å². The quantitative estimate of drug-likeness (QED) is 0.925. The van der Waals surface area contributed by atoms with E-state index < -0.39 is 12.2 Å². The van der Waals surface area contributed by atoms with Crippen LogP contribution in [0.1, 0.15) is 18.4 Å². The van der Waals surface area contributed by atoms with Crippen LogP contribution in [-0.2, 0) is 9.57 Å². The Balaban J connectivity index is 1.77. The molecule has 0 amide bonds.